The molecule has 4 aromatic rings. The third-order valence-electron chi connectivity index (χ3n) is 4.27. The van der Waals surface area contributed by atoms with Crippen molar-refractivity contribution in [3.63, 3.8) is 0 Å². The van der Waals surface area contributed by atoms with E-state index in [-0.39, 0.29) is 11.7 Å². The minimum atomic E-state index is -0.249. The van der Waals surface area contributed by atoms with E-state index < -0.39 is 0 Å². The Kier molecular flexibility index (Phi) is 6.44. The Hall–Kier alpha value is -3.85. The summed E-state index contributed by atoms with van der Waals surface area (Å²) in [6.45, 7) is 2.03. The van der Waals surface area contributed by atoms with Gasteiger partial charge in [0.1, 0.15) is 0 Å². The van der Waals surface area contributed by atoms with Gasteiger partial charge in [0.05, 0.1) is 17.7 Å². The predicted molar refractivity (Wildman–Crippen MR) is 120 cm³/mol. The number of amides is 1. The van der Waals surface area contributed by atoms with Crippen molar-refractivity contribution in [1.29, 1.82) is 0 Å². The maximum Gasteiger partial charge on any atom is 0.250 e. The van der Waals surface area contributed by atoms with Gasteiger partial charge in [-0.25, -0.2) is 5.43 Å². The van der Waals surface area contributed by atoms with Crippen LogP contribution in [0.3, 0.4) is 0 Å². The molecule has 4 rings (SSSR count). The molecular formula is C22H19N7OS. The van der Waals surface area contributed by atoms with E-state index in [0.29, 0.717) is 16.7 Å². The average molecular weight is 430 g/mol. The van der Waals surface area contributed by atoms with Gasteiger partial charge in [0, 0.05) is 29.8 Å². The van der Waals surface area contributed by atoms with Crippen molar-refractivity contribution in [2.75, 3.05) is 5.75 Å². The maximum atomic E-state index is 12.2. The van der Waals surface area contributed by atoms with E-state index in [9.17, 15) is 4.79 Å². The van der Waals surface area contributed by atoms with E-state index in [1.54, 1.807) is 24.7 Å². The Balaban J connectivity index is 1.51. The first-order valence-electron chi connectivity index (χ1n) is 9.49. The van der Waals surface area contributed by atoms with E-state index in [1.807, 2.05) is 60.0 Å². The van der Waals surface area contributed by atoms with Crippen molar-refractivity contribution in [2.24, 2.45) is 5.10 Å². The summed E-state index contributed by atoms with van der Waals surface area (Å²) in [7, 11) is 0. The van der Waals surface area contributed by atoms with Crippen LogP contribution < -0.4 is 5.43 Å². The van der Waals surface area contributed by atoms with Crippen LogP contribution in [0.5, 0.6) is 0 Å². The minimum Gasteiger partial charge on any atom is -0.272 e. The summed E-state index contributed by atoms with van der Waals surface area (Å²) >= 11 is 1.29. The third-order valence-corrected chi connectivity index (χ3v) is 5.20. The smallest absolute Gasteiger partial charge is 0.250 e. The molecule has 9 heteroatoms. The van der Waals surface area contributed by atoms with E-state index in [1.165, 1.54) is 18.0 Å². The number of hydrazone groups is 1. The first-order chi connectivity index (χ1) is 15.2. The topological polar surface area (TPSA) is 98.0 Å². The maximum absolute atomic E-state index is 12.2. The highest BCUT2D eigenvalue weighted by atomic mass is 32.2. The summed E-state index contributed by atoms with van der Waals surface area (Å²) in [5.41, 5.74) is 6.13. The van der Waals surface area contributed by atoms with Gasteiger partial charge in [0.15, 0.2) is 11.0 Å². The summed E-state index contributed by atoms with van der Waals surface area (Å²) in [6, 6.07) is 17.3. The van der Waals surface area contributed by atoms with Crippen LogP contribution in [0, 0.1) is 6.92 Å². The van der Waals surface area contributed by atoms with Gasteiger partial charge in [-0.3, -0.25) is 19.3 Å². The van der Waals surface area contributed by atoms with Gasteiger partial charge in [-0.15, -0.1) is 10.2 Å². The number of benzene rings is 1. The second kappa shape index (κ2) is 9.77. The molecule has 0 aliphatic heterocycles. The monoisotopic (exact) mass is 429 g/mol. The highest BCUT2D eigenvalue weighted by Crippen LogP contribution is 2.27. The Morgan fingerprint density at radius 2 is 1.87 bits per heavy atom. The van der Waals surface area contributed by atoms with Crippen LogP contribution >= 0.6 is 11.8 Å². The van der Waals surface area contributed by atoms with Gasteiger partial charge in [-0.05, 0) is 43.3 Å². The van der Waals surface area contributed by atoms with E-state index in [0.717, 1.165) is 16.8 Å². The van der Waals surface area contributed by atoms with Crippen molar-refractivity contribution < 1.29 is 4.79 Å². The number of carbonyl (C=O) groups excluding carboxylic acids is 1. The molecule has 0 bridgehead atoms. The lowest BCUT2D eigenvalue weighted by Crippen LogP contribution is -2.20. The highest BCUT2D eigenvalue weighted by molar-refractivity contribution is 7.99. The van der Waals surface area contributed by atoms with Crippen molar-refractivity contribution in [3.8, 4) is 17.1 Å². The third kappa shape index (κ3) is 5.20. The van der Waals surface area contributed by atoms with Gasteiger partial charge in [0.2, 0.25) is 0 Å². The van der Waals surface area contributed by atoms with Crippen LogP contribution in [-0.2, 0) is 4.79 Å². The number of aromatic nitrogens is 5. The quantitative estimate of drug-likeness (QED) is 0.275. The molecule has 3 aromatic heterocycles. The molecule has 0 unspecified atom stereocenters. The zero-order valence-corrected chi connectivity index (χ0v) is 17.5. The molecule has 0 atom stereocenters. The molecule has 0 aliphatic carbocycles. The molecule has 1 N–H and O–H groups in total. The van der Waals surface area contributed by atoms with E-state index >= 15 is 0 Å². The molecule has 0 aliphatic rings. The van der Waals surface area contributed by atoms with E-state index in [4.69, 9.17) is 0 Å². The summed E-state index contributed by atoms with van der Waals surface area (Å²) in [4.78, 5) is 20.4. The lowest BCUT2D eigenvalue weighted by molar-refractivity contribution is -0.118. The number of nitrogens with one attached hydrogen (secondary N) is 1. The molecule has 0 spiro atoms. The van der Waals surface area contributed by atoms with Crippen LogP contribution in [0.1, 0.15) is 11.3 Å². The summed E-state index contributed by atoms with van der Waals surface area (Å²) in [5, 5.41) is 13.2. The molecular weight excluding hydrogens is 410 g/mol. The minimum absolute atomic E-state index is 0.139. The number of aryl methyl sites for hydroxylation is 1. The molecule has 1 amide bonds. The largest absolute Gasteiger partial charge is 0.272 e. The standard InChI is InChI=1S/C22H19N7OS/c1-16-5-7-19(8-6-16)29-21(17-9-12-23-13-10-17)27-28-22(29)31-15-20(30)26-25-14-18-4-2-3-11-24-18/h2-14H,15H2,1H3,(H,26,30). The molecule has 31 heavy (non-hydrogen) atoms. The van der Waals surface area contributed by atoms with Crippen LogP contribution in [-0.4, -0.2) is 42.6 Å². The first kappa shape index (κ1) is 20.4. The van der Waals surface area contributed by atoms with Gasteiger partial charge in [-0.2, -0.15) is 5.10 Å². The lowest BCUT2D eigenvalue weighted by atomic mass is 10.2. The molecule has 0 saturated heterocycles. The Morgan fingerprint density at radius 1 is 1.06 bits per heavy atom. The molecule has 0 radical (unpaired) electrons. The van der Waals surface area contributed by atoms with Gasteiger partial charge in [-0.1, -0.05) is 35.5 Å². The van der Waals surface area contributed by atoms with Gasteiger partial charge in [0.25, 0.3) is 5.91 Å². The van der Waals surface area contributed by atoms with E-state index in [2.05, 4.69) is 30.7 Å². The second-order valence-corrected chi connectivity index (χ2v) is 7.49. The number of hydrogen-bond acceptors (Lipinski definition) is 7. The van der Waals surface area contributed by atoms with Crippen molar-refractivity contribution in [2.45, 2.75) is 12.1 Å². The molecule has 8 nitrogen and oxygen atoms in total. The number of thioether (sulfide) groups is 1. The second-order valence-electron chi connectivity index (χ2n) is 6.55. The molecule has 0 saturated carbocycles. The zero-order chi connectivity index (χ0) is 21.5. The Labute approximate surface area is 183 Å². The summed E-state index contributed by atoms with van der Waals surface area (Å²) in [5.74, 6) is 0.573. The predicted octanol–water partition coefficient (Wildman–Crippen LogP) is 3.28. The van der Waals surface area contributed by atoms with Crippen molar-refractivity contribution in [1.82, 2.24) is 30.2 Å². The fourth-order valence-electron chi connectivity index (χ4n) is 2.76. The van der Waals surface area contributed by atoms with Crippen LogP contribution in [0.25, 0.3) is 17.1 Å². The first-order valence-corrected chi connectivity index (χ1v) is 10.5. The number of pyridine rings is 2. The number of carbonyl (C=O) groups is 1. The van der Waals surface area contributed by atoms with Gasteiger partial charge < -0.3 is 0 Å². The summed E-state index contributed by atoms with van der Waals surface area (Å²) < 4.78 is 1.93. The molecule has 154 valence electrons. The van der Waals surface area contributed by atoms with Crippen LogP contribution in [0.4, 0.5) is 0 Å². The lowest BCUT2D eigenvalue weighted by Gasteiger charge is -2.10. The molecule has 0 fully saturated rings. The van der Waals surface area contributed by atoms with Crippen molar-refractivity contribution >= 4 is 23.9 Å². The number of rotatable bonds is 7. The summed E-state index contributed by atoms with van der Waals surface area (Å²) in [6.07, 6.45) is 6.59. The molecule has 1 aromatic carbocycles. The Bertz CT molecular complexity index is 1180. The fraction of sp³-hybridized carbons (Fsp3) is 0.0909. The molecule has 3 heterocycles. The van der Waals surface area contributed by atoms with Crippen LogP contribution in [0.15, 0.2) is 83.4 Å². The van der Waals surface area contributed by atoms with Crippen molar-refractivity contribution in [3.05, 3.63) is 84.4 Å². The number of nitrogens with zero attached hydrogens (tertiary/aromatic N) is 6. The van der Waals surface area contributed by atoms with Crippen LogP contribution in [0.2, 0.25) is 0 Å². The Morgan fingerprint density at radius 3 is 2.61 bits per heavy atom. The fourth-order valence-corrected chi connectivity index (χ4v) is 3.51. The number of hydrogen-bond donors (Lipinski definition) is 1. The SMILES string of the molecule is Cc1ccc(-n2c(SCC(=O)NN=Cc3ccccn3)nnc2-c2ccncc2)cc1. The van der Waals surface area contributed by atoms with Gasteiger partial charge >= 0.3 is 0 Å². The highest BCUT2D eigenvalue weighted by Gasteiger charge is 2.17. The normalized spacial score (nSPS) is 11.0. The average Bonchev–Trinajstić information content (AvgIpc) is 3.23. The zero-order valence-electron chi connectivity index (χ0n) is 16.7.